The summed E-state index contributed by atoms with van der Waals surface area (Å²) >= 11 is 0. The molecule has 6 heteroatoms. The molecule has 1 aliphatic heterocycles. The van der Waals surface area contributed by atoms with Gasteiger partial charge in [0.1, 0.15) is 5.75 Å². The Morgan fingerprint density at radius 1 is 1.24 bits per heavy atom. The van der Waals surface area contributed by atoms with Crippen molar-refractivity contribution in [2.45, 2.75) is 19.5 Å². The minimum Gasteiger partial charge on any atom is -0.497 e. The van der Waals surface area contributed by atoms with E-state index in [1.807, 2.05) is 42.5 Å². The fourth-order valence-electron chi connectivity index (χ4n) is 3.10. The Morgan fingerprint density at radius 2 is 2.16 bits per heavy atom. The minimum absolute atomic E-state index is 0.0868. The monoisotopic (exact) mass is 334 g/mol. The van der Waals surface area contributed by atoms with E-state index in [9.17, 15) is 4.79 Å². The summed E-state index contributed by atoms with van der Waals surface area (Å²) in [6.45, 7) is 1.02. The lowest BCUT2D eigenvalue weighted by atomic mass is 9.99. The van der Waals surface area contributed by atoms with Crippen LogP contribution < -0.4 is 4.74 Å². The molecule has 3 aromatic rings. The molecule has 1 aromatic carbocycles. The highest BCUT2D eigenvalue weighted by Gasteiger charge is 2.28. The number of H-pyrrole nitrogens is 1. The zero-order chi connectivity index (χ0) is 17.2. The predicted octanol–water partition coefficient (Wildman–Crippen LogP) is 2.57. The van der Waals surface area contributed by atoms with E-state index >= 15 is 0 Å². The maximum absolute atomic E-state index is 12.6. The van der Waals surface area contributed by atoms with Gasteiger partial charge in [0.15, 0.2) is 0 Å². The summed E-state index contributed by atoms with van der Waals surface area (Å²) in [5.41, 5.74) is 4.60. The van der Waals surface area contributed by atoms with E-state index in [1.54, 1.807) is 18.2 Å². The topological polar surface area (TPSA) is 71.1 Å². The first-order valence-corrected chi connectivity index (χ1v) is 8.13. The largest absolute Gasteiger partial charge is 0.497 e. The van der Waals surface area contributed by atoms with Crippen LogP contribution in [0.5, 0.6) is 5.75 Å². The van der Waals surface area contributed by atoms with E-state index in [0.717, 1.165) is 34.0 Å². The van der Waals surface area contributed by atoms with E-state index in [2.05, 4.69) is 15.2 Å². The molecule has 126 valence electrons. The first-order valence-electron chi connectivity index (χ1n) is 8.13. The first-order chi connectivity index (χ1) is 12.2. The molecular formula is C19H18N4O2. The number of carbonyl (C=O) groups is 1. The van der Waals surface area contributed by atoms with Gasteiger partial charge < -0.3 is 9.64 Å². The second-order valence-electron chi connectivity index (χ2n) is 6.01. The Hall–Kier alpha value is -3.15. The molecule has 0 fully saturated rings. The molecule has 25 heavy (non-hydrogen) atoms. The van der Waals surface area contributed by atoms with E-state index in [-0.39, 0.29) is 5.91 Å². The van der Waals surface area contributed by atoms with Crippen LogP contribution in [0.1, 0.15) is 17.0 Å². The van der Waals surface area contributed by atoms with Crippen molar-refractivity contribution in [3.63, 3.8) is 0 Å². The van der Waals surface area contributed by atoms with Crippen molar-refractivity contribution < 1.29 is 9.53 Å². The molecule has 0 saturated heterocycles. The normalized spacial score (nSPS) is 13.6. The number of aromatic amines is 1. The smallest absolute Gasteiger partial charge is 0.227 e. The Kier molecular flexibility index (Phi) is 3.93. The van der Waals surface area contributed by atoms with Crippen molar-refractivity contribution in [2.75, 3.05) is 7.11 Å². The summed E-state index contributed by atoms with van der Waals surface area (Å²) in [5, 5.41) is 7.54. The fraction of sp³-hybridized carbons (Fsp3) is 0.211. The van der Waals surface area contributed by atoms with E-state index in [0.29, 0.717) is 19.5 Å². The summed E-state index contributed by atoms with van der Waals surface area (Å²) in [5.74, 6) is 0.858. The lowest BCUT2D eigenvalue weighted by Crippen LogP contribution is -2.35. The van der Waals surface area contributed by atoms with Gasteiger partial charge in [0, 0.05) is 17.3 Å². The average Bonchev–Trinajstić information content (AvgIpc) is 3.05. The quantitative estimate of drug-likeness (QED) is 0.796. The van der Waals surface area contributed by atoms with Gasteiger partial charge in [-0.1, -0.05) is 18.2 Å². The van der Waals surface area contributed by atoms with Crippen molar-refractivity contribution >= 4 is 5.91 Å². The number of carbonyl (C=O) groups excluding carboxylic acids is 1. The Morgan fingerprint density at radius 3 is 2.96 bits per heavy atom. The number of ether oxygens (including phenoxy) is 1. The summed E-state index contributed by atoms with van der Waals surface area (Å²) in [6, 6.07) is 13.5. The maximum Gasteiger partial charge on any atom is 0.227 e. The molecular weight excluding hydrogens is 316 g/mol. The van der Waals surface area contributed by atoms with Gasteiger partial charge in [-0.25, -0.2) is 0 Å². The third-order valence-corrected chi connectivity index (χ3v) is 4.40. The van der Waals surface area contributed by atoms with Crippen LogP contribution in [0, 0.1) is 0 Å². The summed E-state index contributed by atoms with van der Waals surface area (Å²) in [6.07, 6.45) is 2.08. The molecule has 4 rings (SSSR count). The van der Waals surface area contributed by atoms with Gasteiger partial charge in [-0.3, -0.25) is 14.9 Å². The predicted molar refractivity (Wildman–Crippen MR) is 92.8 cm³/mol. The van der Waals surface area contributed by atoms with Crippen molar-refractivity contribution in [3.05, 3.63) is 65.6 Å². The standard InChI is InChI=1S/C19H18N4O2/c1-25-15-7-4-5-13(9-15)19-16-10-18(24)23(12-17(16)21-22-19)11-14-6-2-3-8-20-14/h2-9H,10-12H2,1H3,(H,21,22). The third-order valence-electron chi connectivity index (χ3n) is 4.40. The molecule has 0 atom stereocenters. The van der Waals surface area contributed by atoms with E-state index in [1.165, 1.54) is 0 Å². The van der Waals surface area contributed by atoms with Gasteiger partial charge in [0.25, 0.3) is 0 Å². The van der Waals surface area contributed by atoms with Crippen LogP contribution in [0.3, 0.4) is 0 Å². The highest BCUT2D eigenvalue weighted by Crippen LogP contribution is 2.30. The van der Waals surface area contributed by atoms with E-state index in [4.69, 9.17) is 4.74 Å². The lowest BCUT2D eigenvalue weighted by Gasteiger charge is -2.26. The van der Waals surface area contributed by atoms with Crippen LogP contribution in [0.25, 0.3) is 11.3 Å². The molecule has 0 bridgehead atoms. The van der Waals surface area contributed by atoms with Crippen molar-refractivity contribution in [1.82, 2.24) is 20.1 Å². The van der Waals surface area contributed by atoms with Gasteiger partial charge >= 0.3 is 0 Å². The average molecular weight is 334 g/mol. The number of hydrogen-bond donors (Lipinski definition) is 1. The van der Waals surface area contributed by atoms with Crippen LogP contribution in [0.4, 0.5) is 0 Å². The Labute approximate surface area is 145 Å². The van der Waals surface area contributed by atoms with Gasteiger partial charge in [0.05, 0.1) is 43.7 Å². The van der Waals surface area contributed by atoms with Gasteiger partial charge in [-0.05, 0) is 24.3 Å². The Balaban J connectivity index is 1.61. The molecule has 0 unspecified atom stereocenters. The number of pyridine rings is 1. The molecule has 2 aromatic heterocycles. The zero-order valence-corrected chi connectivity index (χ0v) is 13.9. The number of aromatic nitrogens is 3. The molecule has 1 amide bonds. The number of nitrogens with zero attached hydrogens (tertiary/aromatic N) is 3. The maximum atomic E-state index is 12.6. The first kappa shape index (κ1) is 15.4. The highest BCUT2D eigenvalue weighted by molar-refractivity contribution is 5.83. The molecule has 0 saturated carbocycles. The summed E-state index contributed by atoms with van der Waals surface area (Å²) < 4.78 is 5.28. The summed E-state index contributed by atoms with van der Waals surface area (Å²) in [7, 11) is 1.64. The minimum atomic E-state index is 0.0868. The number of hydrogen-bond acceptors (Lipinski definition) is 4. The van der Waals surface area contributed by atoms with Crippen molar-refractivity contribution in [1.29, 1.82) is 0 Å². The molecule has 1 N–H and O–H groups in total. The second kappa shape index (κ2) is 6.39. The molecule has 0 radical (unpaired) electrons. The molecule has 0 spiro atoms. The van der Waals surface area contributed by atoms with Gasteiger partial charge in [-0.2, -0.15) is 5.10 Å². The van der Waals surface area contributed by atoms with Crippen LogP contribution >= 0.6 is 0 Å². The molecule has 3 heterocycles. The SMILES string of the molecule is COc1cccc(-c2n[nH]c3c2CC(=O)N(Cc2ccccn2)C3)c1. The molecule has 6 nitrogen and oxygen atoms in total. The summed E-state index contributed by atoms with van der Waals surface area (Å²) in [4.78, 5) is 18.7. The lowest BCUT2D eigenvalue weighted by molar-refractivity contribution is -0.132. The van der Waals surface area contributed by atoms with Crippen molar-refractivity contribution in [2.24, 2.45) is 0 Å². The number of nitrogens with one attached hydrogen (secondary N) is 1. The van der Waals surface area contributed by atoms with Crippen LogP contribution in [-0.4, -0.2) is 33.1 Å². The number of rotatable bonds is 4. The highest BCUT2D eigenvalue weighted by atomic mass is 16.5. The molecule has 1 aliphatic rings. The van der Waals surface area contributed by atoms with Crippen LogP contribution in [-0.2, 0) is 24.3 Å². The van der Waals surface area contributed by atoms with Gasteiger partial charge in [-0.15, -0.1) is 0 Å². The number of methoxy groups -OCH3 is 1. The van der Waals surface area contributed by atoms with Crippen molar-refractivity contribution in [3.8, 4) is 17.0 Å². The fourth-order valence-corrected chi connectivity index (χ4v) is 3.10. The number of benzene rings is 1. The Bertz CT molecular complexity index is 905. The van der Waals surface area contributed by atoms with Crippen LogP contribution in [0.15, 0.2) is 48.7 Å². The third kappa shape index (κ3) is 2.98. The zero-order valence-electron chi connectivity index (χ0n) is 13.9. The number of fused-ring (bicyclic) bond motifs is 1. The van der Waals surface area contributed by atoms with E-state index < -0.39 is 0 Å². The second-order valence-corrected chi connectivity index (χ2v) is 6.01. The molecule has 0 aliphatic carbocycles. The van der Waals surface area contributed by atoms with Crippen LogP contribution in [0.2, 0.25) is 0 Å². The number of amides is 1. The van der Waals surface area contributed by atoms with Gasteiger partial charge in [0.2, 0.25) is 5.91 Å².